The molecule has 6 heteroatoms. The van der Waals surface area contributed by atoms with Gasteiger partial charge in [0.1, 0.15) is 0 Å². The fourth-order valence-corrected chi connectivity index (χ4v) is 5.16. The Morgan fingerprint density at radius 1 is 0.944 bits per heavy atom. The average Bonchev–Trinajstić information content (AvgIpc) is 3.32. The second-order valence-corrected chi connectivity index (χ2v) is 9.60. The van der Waals surface area contributed by atoms with Gasteiger partial charge in [-0.25, -0.2) is 4.79 Å². The number of aromatic carboxylic acids is 1. The number of amides is 1. The predicted molar refractivity (Wildman–Crippen MR) is 143 cm³/mol. The van der Waals surface area contributed by atoms with Crippen LogP contribution in [0.1, 0.15) is 52.1 Å². The van der Waals surface area contributed by atoms with E-state index in [4.69, 9.17) is 5.11 Å². The molecule has 0 aliphatic carbocycles. The summed E-state index contributed by atoms with van der Waals surface area (Å²) in [5, 5.41) is 13.3. The highest BCUT2D eigenvalue weighted by atomic mass is 16.4. The third-order valence-electron chi connectivity index (χ3n) is 7.23. The molecule has 2 heterocycles. The third kappa shape index (κ3) is 4.98. The number of nitrogens with zero attached hydrogens (tertiary/aromatic N) is 2. The van der Waals surface area contributed by atoms with E-state index < -0.39 is 5.97 Å². The highest BCUT2D eigenvalue weighted by Gasteiger charge is 2.22. The molecular weight excluding hydrogens is 450 g/mol. The molecule has 1 aliphatic heterocycles. The van der Waals surface area contributed by atoms with Gasteiger partial charge in [0.05, 0.1) is 22.7 Å². The van der Waals surface area contributed by atoms with Crippen LogP contribution in [0.25, 0.3) is 10.9 Å². The van der Waals surface area contributed by atoms with Crippen molar-refractivity contribution in [1.29, 1.82) is 0 Å². The summed E-state index contributed by atoms with van der Waals surface area (Å²) in [5.41, 5.74) is 4.01. The van der Waals surface area contributed by atoms with Crippen molar-refractivity contribution in [2.24, 2.45) is 5.92 Å². The zero-order valence-corrected chi connectivity index (χ0v) is 20.4. The molecule has 1 aromatic heterocycles. The van der Waals surface area contributed by atoms with Gasteiger partial charge in [0.15, 0.2) is 0 Å². The van der Waals surface area contributed by atoms with Gasteiger partial charge in [-0.1, -0.05) is 42.5 Å². The molecule has 5 rings (SSSR count). The van der Waals surface area contributed by atoms with Crippen molar-refractivity contribution >= 4 is 28.5 Å². The van der Waals surface area contributed by atoms with Gasteiger partial charge in [-0.05, 0) is 67.6 Å². The van der Waals surface area contributed by atoms with Crippen molar-refractivity contribution in [2.75, 3.05) is 18.0 Å². The number of carboxylic acid groups (broad SMARTS) is 1. The van der Waals surface area contributed by atoms with E-state index in [2.05, 4.69) is 63.4 Å². The summed E-state index contributed by atoms with van der Waals surface area (Å²) in [7, 11) is 0. The summed E-state index contributed by atoms with van der Waals surface area (Å²) in [6.45, 7) is 4.88. The van der Waals surface area contributed by atoms with Crippen LogP contribution in [-0.2, 0) is 6.54 Å². The predicted octanol–water partition coefficient (Wildman–Crippen LogP) is 5.75. The summed E-state index contributed by atoms with van der Waals surface area (Å²) < 4.78 is 2.24. The van der Waals surface area contributed by atoms with Gasteiger partial charge in [-0.15, -0.1) is 0 Å². The van der Waals surface area contributed by atoms with Crippen LogP contribution in [0.3, 0.4) is 0 Å². The smallest absolute Gasteiger partial charge is 0.335 e. The molecule has 1 aliphatic rings. The fourth-order valence-electron chi connectivity index (χ4n) is 5.16. The molecule has 6 nitrogen and oxygen atoms in total. The Labute approximate surface area is 211 Å². The Bertz CT molecular complexity index is 1350. The van der Waals surface area contributed by atoms with Crippen LogP contribution in [-0.4, -0.2) is 34.6 Å². The maximum Gasteiger partial charge on any atom is 0.335 e. The van der Waals surface area contributed by atoms with Crippen LogP contribution in [0.15, 0.2) is 85.1 Å². The number of hydrogen-bond donors (Lipinski definition) is 2. The average molecular weight is 482 g/mol. The Kier molecular flexibility index (Phi) is 6.76. The van der Waals surface area contributed by atoms with E-state index in [9.17, 15) is 9.59 Å². The van der Waals surface area contributed by atoms with E-state index in [1.165, 1.54) is 5.69 Å². The van der Waals surface area contributed by atoms with Crippen molar-refractivity contribution < 1.29 is 14.7 Å². The van der Waals surface area contributed by atoms with Gasteiger partial charge in [0.2, 0.25) is 0 Å². The minimum atomic E-state index is -0.962. The highest BCUT2D eigenvalue weighted by Crippen LogP contribution is 2.27. The number of carbonyl (C=O) groups is 2. The molecule has 36 heavy (non-hydrogen) atoms. The normalized spacial score (nSPS) is 15.1. The molecule has 1 amide bonds. The van der Waals surface area contributed by atoms with E-state index in [0.29, 0.717) is 11.5 Å². The fraction of sp³-hybridized carbons (Fsp3) is 0.267. The first-order valence-electron chi connectivity index (χ1n) is 12.5. The number of anilines is 1. The lowest BCUT2D eigenvalue weighted by Gasteiger charge is -2.34. The van der Waals surface area contributed by atoms with Gasteiger partial charge in [0, 0.05) is 36.9 Å². The number of piperidine rings is 1. The van der Waals surface area contributed by atoms with Gasteiger partial charge < -0.3 is 19.9 Å². The van der Waals surface area contributed by atoms with Crippen molar-refractivity contribution in [2.45, 2.75) is 32.4 Å². The second kappa shape index (κ2) is 10.3. The van der Waals surface area contributed by atoms with Gasteiger partial charge >= 0.3 is 5.97 Å². The van der Waals surface area contributed by atoms with Crippen LogP contribution in [0.4, 0.5) is 5.69 Å². The first-order chi connectivity index (χ1) is 17.5. The van der Waals surface area contributed by atoms with Crippen LogP contribution < -0.4 is 10.2 Å². The molecule has 0 unspecified atom stereocenters. The topological polar surface area (TPSA) is 74.6 Å². The maximum atomic E-state index is 13.3. The third-order valence-corrected chi connectivity index (χ3v) is 7.23. The Morgan fingerprint density at radius 2 is 1.67 bits per heavy atom. The number of benzene rings is 3. The molecule has 1 saturated heterocycles. The van der Waals surface area contributed by atoms with Crippen LogP contribution in [0, 0.1) is 5.92 Å². The van der Waals surface area contributed by atoms with Crippen LogP contribution in [0.2, 0.25) is 0 Å². The van der Waals surface area contributed by atoms with E-state index in [0.717, 1.165) is 48.9 Å². The minimum Gasteiger partial charge on any atom is -0.478 e. The number of para-hydroxylation sites is 2. The summed E-state index contributed by atoms with van der Waals surface area (Å²) >= 11 is 0. The lowest BCUT2D eigenvalue weighted by molar-refractivity contribution is 0.0696. The van der Waals surface area contributed by atoms with Gasteiger partial charge in [-0.2, -0.15) is 0 Å². The SMILES string of the molecule is C[C@H](NC(=O)c1cccc2ccn(CC3CCN(c4ccccc4)CC3)c12)c1ccc(C(=O)O)cc1. The Morgan fingerprint density at radius 3 is 2.36 bits per heavy atom. The molecule has 0 spiro atoms. The van der Waals surface area contributed by atoms with Gasteiger partial charge in [0.25, 0.3) is 5.91 Å². The highest BCUT2D eigenvalue weighted by molar-refractivity contribution is 6.06. The van der Waals surface area contributed by atoms with Crippen molar-refractivity contribution in [3.05, 3.63) is 102 Å². The summed E-state index contributed by atoms with van der Waals surface area (Å²) in [5.74, 6) is -0.533. The number of fused-ring (bicyclic) bond motifs is 1. The molecular formula is C30H31N3O3. The van der Waals surface area contributed by atoms with Crippen LogP contribution in [0.5, 0.6) is 0 Å². The maximum absolute atomic E-state index is 13.3. The lowest BCUT2D eigenvalue weighted by Crippen LogP contribution is -2.35. The van der Waals surface area contributed by atoms with Crippen LogP contribution >= 0.6 is 0 Å². The summed E-state index contributed by atoms with van der Waals surface area (Å²) in [6.07, 6.45) is 4.33. The van der Waals surface area contributed by atoms with Crippen molar-refractivity contribution in [1.82, 2.24) is 9.88 Å². The van der Waals surface area contributed by atoms with Crippen molar-refractivity contribution in [3.63, 3.8) is 0 Å². The second-order valence-electron chi connectivity index (χ2n) is 9.60. The van der Waals surface area contributed by atoms with E-state index in [-0.39, 0.29) is 17.5 Å². The lowest BCUT2D eigenvalue weighted by atomic mass is 9.96. The summed E-state index contributed by atoms with van der Waals surface area (Å²) in [6, 6.07) is 24.9. The molecule has 0 saturated carbocycles. The molecule has 0 radical (unpaired) electrons. The Balaban J connectivity index is 1.29. The molecule has 1 atom stereocenters. The zero-order chi connectivity index (χ0) is 25.1. The van der Waals surface area contributed by atoms with E-state index >= 15 is 0 Å². The number of nitrogens with one attached hydrogen (secondary N) is 1. The molecule has 184 valence electrons. The zero-order valence-electron chi connectivity index (χ0n) is 20.4. The molecule has 3 aromatic carbocycles. The minimum absolute atomic E-state index is 0.130. The first-order valence-corrected chi connectivity index (χ1v) is 12.5. The van der Waals surface area contributed by atoms with Gasteiger partial charge in [-0.3, -0.25) is 4.79 Å². The molecule has 0 bridgehead atoms. The number of carboxylic acids is 1. The summed E-state index contributed by atoms with van der Waals surface area (Å²) in [4.78, 5) is 26.9. The molecule has 1 fully saturated rings. The number of rotatable bonds is 7. The van der Waals surface area contributed by atoms with E-state index in [1.54, 1.807) is 24.3 Å². The first kappa shape index (κ1) is 23.7. The monoisotopic (exact) mass is 481 g/mol. The molecule has 4 aromatic rings. The van der Waals surface area contributed by atoms with E-state index in [1.807, 2.05) is 19.1 Å². The standard InChI is InChI=1S/C30H31N3O3/c1-21(23-10-12-25(13-11-23)30(35)36)31-29(34)27-9-5-6-24-16-19-33(28(24)27)20-22-14-17-32(18-15-22)26-7-3-2-4-8-26/h2-13,16,19,21-22H,14-15,17-18,20H2,1H3,(H,31,34)(H,35,36)/t21-/m0/s1. The largest absolute Gasteiger partial charge is 0.478 e. The number of aromatic nitrogens is 1. The number of hydrogen-bond acceptors (Lipinski definition) is 3. The number of carbonyl (C=O) groups excluding carboxylic acids is 1. The molecule has 2 N–H and O–H groups in total. The van der Waals surface area contributed by atoms with Crippen molar-refractivity contribution in [3.8, 4) is 0 Å². The Hall–Kier alpha value is -4.06. The quantitative estimate of drug-likeness (QED) is 0.353.